The highest BCUT2D eigenvalue weighted by molar-refractivity contribution is 7.15. The number of benzene rings is 1. The van der Waals surface area contributed by atoms with Crippen LogP contribution in [-0.4, -0.2) is 26.9 Å². The first-order valence-corrected chi connectivity index (χ1v) is 7.99. The zero-order chi connectivity index (χ0) is 15.5. The molecule has 0 spiro atoms. The van der Waals surface area contributed by atoms with Crippen LogP contribution in [0.1, 0.15) is 17.4 Å². The lowest BCUT2D eigenvalue weighted by Crippen LogP contribution is -2.29. The summed E-state index contributed by atoms with van der Waals surface area (Å²) in [7, 11) is 0. The number of hydrogen-bond acceptors (Lipinski definition) is 4. The number of rotatable bonds is 5. The van der Waals surface area contributed by atoms with Gasteiger partial charge in [0.05, 0.1) is 18.2 Å². The number of aromatic nitrogens is 2. The average Bonchev–Trinajstić information content (AvgIpc) is 3.06. The third-order valence-electron chi connectivity index (χ3n) is 3.23. The average molecular weight is 336 g/mol. The van der Waals surface area contributed by atoms with Crippen LogP contribution in [0.3, 0.4) is 0 Å². The molecule has 1 amide bonds. The number of nitrogens with zero attached hydrogens (tertiary/aromatic N) is 2. The fourth-order valence-electron chi connectivity index (χ4n) is 2.10. The summed E-state index contributed by atoms with van der Waals surface area (Å²) < 4.78 is 1.88. The zero-order valence-corrected chi connectivity index (χ0v) is 13.1. The van der Waals surface area contributed by atoms with E-state index in [9.17, 15) is 9.90 Å². The lowest BCUT2D eigenvalue weighted by Gasteiger charge is -2.12. The monoisotopic (exact) mass is 335 g/mol. The molecular formula is C15H14ClN3O2S. The van der Waals surface area contributed by atoms with Crippen LogP contribution in [0.5, 0.6) is 0 Å². The van der Waals surface area contributed by atoms with Gasteiger partial charge in [0.15, 0.2) is 4.96 Å². The summed E-state index contributed by atoms with van der Waals surface area (Å²) in [6.45, 7) is 0.155. The second-order valence-corrected chi connectivity index (χ2v) is 6.18. The molecule has 1 unspecified atom stereocenters. The van der Waals surface area contributed by atoms with E-state index in [0.29, 0.717) is 16.3 Å². The molecule has 0 bridgehead atoms. The van der Waals surface area contributed by atoms with Gasteiger partial charge in [0.2, 0.25) is 5.91 Å². The van der Waals surface area contributed by atoms with E-state index in [1.807, 2.05) is 22.2 Å². The second-order valence-electron chi connectivity index (χ2n) is 4.87. The molecule has 0 radical (unpaired) electrons. The van der Waals surface area contributed by atoms with E-state index in [-0.39, 0.29) is 18.9 Å². The quantitative estimate of drug-likeness (QED) is 0.752. The Bertz CT molecular complexity index is 753. The molecule has 0 aliphatic heterocycles. The Morgan fingerprint density at radius 1 is 1.41 bits per heavy atom. The molecule has 0 fully saturated rings. The van der Waals surface area contributed by atoms with Crippen molar-refractivity contribution in [3.8, 4) is 0 Å². The van der Waals surface area contributed by atoms with Crippen molar-refractivity contribution < 1.29 is 9.90 Å². The highest BCUT2D eigenvalue weighted by atomic mass is 35.5. The Morgan fingerprint density at radius 2 is 2.18 bits per heavy atom. The van der Waals surface area contributed by atoms with Crippen LogP contribution < -0.4 is 5.32 Å². The third-order valence-corrected chi connectivity index (χ3v) is 4.25. The van der Waals surface area contributed by atoms with Gasteiger partial charge in [0.1, 0.15) is 0 Å². The molecule has 22 heavy (non-hydrogen) atoms. The van der Waals surface area contributed by atoms with Gasteiger partial charge in [0.25, 0.3) is 0 Å². The highest BCUT2D eigenvalue weighted by Crippen LogP contribution is 2.16. The topological polar surface area (TPSA) is 66.6 Å². The summed E-state index contributed by atoms with van der Waals surface area (Å²) in [6, 6.07) is 6.89. The minimum absolute atomic E-state index is 0.155. The maximum absolute atomic E-state index is 11.9. The van der Waals surface area contributed by atoms with Crippen LogP contribution in [0.15, 0.2) is 42.0 Å². The van der Waals surface area contributed by atoms with Crippen molar-refractivity contribution in [1.82, 2.24) is 14.7 Å². The molecule has 1 atom stereocenters. The van der Waals surface area contributed by atoms with E-state index >= 15 is 0 Å². The fourth-order valence-corrected chi connectivity index (χ4v) is 2.95. The van der Waals surface area contributed by atoms with Crippen molar-refractivity contribution in [2.45, 2.75) is 12.5 Å². The Labute approximate surface area is 136 Å². The van der Waals surface area contributed by atoms with Crippen LogP contribution in [0.4, 0.5) is 0 Å². The molecule has 5 nitrogen and oxygen atoms in total. The Balaban J connectivity index is 1.53. The van der Waals surface area contributed by atoms with Crippen molar-refractivity contribution in [2.75, 3.05) is 6.54 Å². The number of thiazole rings is 1. The maximum Gasteiger partial charge on any atom is 0.226 e. The minimum atomic E-state index is -0.758. The van der Waals surface area contributed by atoms with Gasteiger partial charge in [-0.2, -0.15) is 0 Å². The van der Waals surface area contributed by atoms with Crippen LogP contribution in [0, 0.1) is 0 Å². The molecular weight excluding hydrogens is 322 g/mol. The van der Waals surface area contributed by atoms with E-state index in [1.54, 1.807) is 24.3 Å². The summed E-state index contributed by atoms with van der Waals surface area (Å²) in [6.07, 6.45) is 3.17. The maximum atomic E-state index is 11.9. The van der Waals surface area contributed by atoms with E-state index in [2.05, 4.69) is 10.3 Å². The molecule has 2 N–H and O–H groups in total. The molecule has 2 aromatic heterocycles. The Hall–Kier alpha value is -1.89. The third kappa shape index (κ3) is 3.47. The fraction of sp³-hybridized carbons (Fsp3) is 0.200. The first kappa shape index (κ1) is 15.0. The van der Waals surface area contributed by atoms with E-state index in [4.69, 9.17) is 11.6 Å². The van der Waals surface area contributed by atoms with Crippen LogP contribution in [0.25, 0.3) is 4.96 Å². The van der Waals surface area contributed by atoms with Gasteiger partial charge < -0.3 is 10.4 Å². The molecule has 0 aliphatic carbocycles. The molecule has 114 valence electrons. The minimum Gasteiger partial charge on any atom is -0.387 e. The molecule has 0 aliphatic rings. The van der Waals surface area contributed by atoms with Gasteiger partial charge in [-0.05, 0) is 17.7 Å². The normalized spacial score (nSPS) is 12.5. The summed E-state index contributed by atoms with van der Waals surface area (Å²) in [5.41, 5.74) is 1.43. The molecule has 3 aromatic rings. The standard InChI is InChI=1S/C15H14ClN3O2S/c16-11-3-1-10(2-4-11)13(20)8-17-14(21)7-12-9-19-5-6-22-15(19)18-12/h1-6,9,13,20H,7-8H2,(H,17,21). The van der Waals surface area contributed by atoms with Crippen LogP contribution in [-0.2, 0) is 11.2 Å². The SMILES string of the molecule is O=C(Cc1cn2ccsc2n1)NCC(O)c1ccc(Cl)cc1. The van der Waals surface area contributed by atoms with Gasteiger partial charge in [-0.25, -0.2) is 4.98 Å². The number of fused-ring (bicyclic) bond motifs is 1. The number of carbonyl (C=O) groups is 1. The first-order valence-electron chi connectivity index (χ1n) is 6.73. The first-order chi connectivity index (χ1) is 10.6. The van der Waals surface area contributed by atoms with E-state index in [0.717, 1.165) is 4.96 Å². The van der Waals surface area contributed by atoms with Crippen molar-refractivity contribution in [1.29, 1.82) is 0 Å². The highest BCUT2D eigenvalue weighted by Gasteiger charge is 2.11. The number of aliphatic hydroxyl groups is 1. The number of hydrogen-bond donors (Lipinski definition) is 2. The summed E-state index contributed by atoms with van der Waals surface area (Å²) in [4.78, 5) is 17.1. The second kappa shape index (κ2) is 6.48. The van der Waals surface area contributed by atoms with Crippen molar-refractivity contribution >= 4 is 33.8 Å². The van der Waals surface area contributed by atoms with Gasteiger partial charge >= 0.3 is 0 Å². The number of halogens is 1. The number of aliphatic hydroxyl groups excluding tert-OH is 1. The number of nitrogens with one attached hydrogen (secondary N) is 1. The van der Waals surface area contributed by atoms with Crippen LogP contribution in [0.2, 0.25) is 5.02 Å². The molecule has 0 saturated carbocycles. The number of carbonyl (C=O) groups excluding carboxylic acids is 1. The van der Waals surface area contributed by atoms with Gasteiger partial charge in [0, 0.05) is 29.3 Å². The van der Waals surface area contributed by atoms with Crippen molar-refractivity contribution in [3.05, 3.63) is 58.3 Å². The Kier molecular flexibility index (Phi) is 4.42. The molecule has 7 heteroatoms. The summed E-state index contributed by atoms with van der Waals surface area (Å²) >= 11 is 7.32. The molecule has 2 heterocycles. The lowest BCUT2D eigenvalue weighted by atomic mass is 10.1. The predicted molar refractivity (Wildman–Crippen MR) is 86.2 cm³/mol. The molecule has 1 aromatic carbocycles. The van der Waals surface area contributed by atoms with E-state index in [1.165, 1.54) is 11.3 Å². The van der Waals surface area contributed by atoms with Gasteiger partial charge in [-0.1, -0.05) is 23.7 Å². The lowest BCUT2D eigenvalue weighted by molar-refractivity contribution is -0.120. The van der Waals surface area contributed by atoms with Gasteiger partial charge in [-0.3, -0.25) is 9.20 Å². The largest absolute Gasteiger partial charge is 0.387 e. The summed E-state index contributed by atoms with van der Waals surface area (Å²) in [5, 5.41) is 15.3. The molecule has 0 saturated heterocycles. The number of amides is 1. The number of imidazole rings is 1. The summed E-state index contributed by atoms with van der Waals surface area (Å²) in [5.74, 6) is -0.168. The van der Waals surface area contributed by atoms with Crippen molar-refractivity contribution in [2.24, 2.45) is 0 Å². The van der Waals surface area contributed by atoms with Crippen LogP contribution >= 0.6 is 22.9 Å². The van der Waals surface area contributed by atoms with Gasteiger partial charge in [-0.15, -0.1) is 11.3 Å². The predicted octanol–water partition coefficient (Wildman–Crippen LogP) is 2.44. The smallest absolute Gasteiger partial charge is 0.226 e. The zero-order valence-electron chi connectivity index (χ0n) is 11.6. The molecule has 3 rings (SSSR count). The van der Waals surface area contributed by atoms with Crippen molar-refractivity contribution in [3.63, 3.8) is 0 Å². The van der Waals surface area contributed by atoms with E-state index < -0.39 is 6.10 Å². The Morgan fingerprint density at radius 3 is 2.91 bits per heavy atom.